The molecule has 0 fully saturated rings. The average molecular weight is 341 g/mol. The van der Waals surface area contributed by atoms with E-state index in [1.54, 1.807) is 6.07 Å². The second-order valence-electron chi connectivity index (χ2n) is 6.73. The van der Waals surface area contributed by atoms with Crippen molar-refractivity contribution >= 4 is 0 Å². The van der Waals surface area contributed by atoms with Gasteiger partial charge < -0.3 is 9.84 Å². The van der Waals surface area contributed by atoms with Crippen LogP contribution in [0.25, 0.3) is 0 Å². The third-order valence-corrected chi connectivity index (χ3v) is 4.63. The number of phenols is 1. The van der Waals surface area contributed by atoms with Gasteiger partial charge in [-0.05, 0) is 49.4 Å². The van der Waals surface area contributed by atoms with Crippen molar-refractivity contribution in [1.82, 2.24) is 0 Å². The van der Waals surface area contributed by atoms with Crippen molar-refractivity contribution in [1.29, 1.82) is 0 Å². The van der Waals surface area contributed by atoms with Crippen LogP contribution in [0, 0.1) is 0 Å². The van der Waals surface area contributed by atoms with Crippen LogP contribution in [0.15, 0.2) is 42.5 Å². The predicted molar refractivity (Wildman–Crippen MR) is 106 cm³/mol. The molecule has 0 aliphatic heterocycles. The molecule has 0 saturated heterocycles. The molecule has 0 aliphatic carbocycles. The highest BCUT2D eigenvalue weighted by atomic mass is 16.5. The van der Waals surface area contributed by atoms with Crippen LogP contribution in [-0.4, -0.2) is 5.11 Å². The van der Waals surface area contributed by atoms with E-state index in [2.05, 4.69) is 19.9 Å². The zero-order chi connectivity index (χ0) is 17.9. The number of unbranched alkanes of at least 4 members (excludes halogenated alkanes) is 5. The molecule has 2 nitrogen and oxygen atoms in total. The molecule has 1 N–H and O–H groups in total. The van der Waals surface area contributed by atoms with Gasteiger partial charge in [0.1, 0.15) is 5.75 Å². The summed E-state index contributed by atoms with van der Waals surface area (Å²) >= 11 is 0. The zero-order valence-electron chi connectivity index (χ0n) is 15.8. The fraction of sp³-hybridized carbons (Fsp3) is 0.478. The van der Waals surface area contributed by atoms with Gasteiger partial charge in [0.15, 0.2) is 11.5 Å². The minimum atomic E-state index is 0.243. The standard InChI is InChI=1S/C23H32O2/c1-3-5-7-8-12-16-21-19(13-6-4-2)17-18-22(24)23(21)25-20-14-10-9-11-15-20/h9-11,14-15,17-18,24H,3-8,12-13,16H2,1-2H3. The summed E-state index contributed by atoms with van der Waals surface area (Å²) < 4.78 is 6.09. The number of ether oxygens (including phenoxy) is 1. The second-order valence-corrected chi connectivity index (χ2v) is 6.73. The summed E-state index contributed by atoms with van der Waals surface area (Å²) in [5, 5.41) is 10.4. The van der Waals surface area contributed by atoms with Crippen molar-refractivity contribution < 1.29 is 9.84 Å². The number of hydrogen-bond acceptors (Lipinski definition) is 2. The van der Waals surface area contributed by atoms with Crippen LogP contribution < -0.4 is 4.74 Å². The maximum atomic E-state index is 10.4. The summed E-state index contributed by atoms with van der Waals surface area (Å²) in [7, 11) is 0. The van der Waals surface area contributed by atoms with Crippen LogP contribution in [0.2, 0.25) is 0 Å². The molecule has 25 heavy (non-hydrogen) atoms. The van der Waals surface area contributed by atoms with E-state index in [-0.39, 0.29) is 5.75 Å². The summed E-state index contributed by atoms with van der Waals surface area (Å²) in [5.41, 5.74) is 2.51. The third-order valence-electron chi connectivity index (χ3n) is 4.63. The molecule has 0 spiro atoms. The lowest BCUT2D eigenvalue weighted by Crippen LogP contribution is -2.00. The number of rotatable bonds is 11. The molecular weight excluding hydrogens is 308 g/mol. The Labute approximate surface area is 152 Å². The van der Waals surface area contributed by atoms with Crippen LogP contribution in [0.4, 0.5) is 0 Å². The summed E-state index contributed by atoms with van der Waals surface area (Å²) in [6.45, 7) is 4.45. The Balaban J connectivity index is 2.21. The largest absolute Gasteiger partial charge is 0.504 e. The van der Waals surface area contributed by atoms with Crippen LogP contribution in [0.1, 0.15) is 69.9 Å². The van der Waals surface area contributed by atoms with Crippen molar-refractivity contribution in [2.75, 3.05) is 0 Å². The summed E-state index contributed by atoms with van der Waals surface area (Å²) in [6.07, 6.45) is 10.6. The molecule has 2 rings (SSSR count). The van der Waals surface area contributed by atoms with Gasteiger partial charge in [0.05, 0.1) is 0 Å². The van der Waals surface area contributed by atoms with E-state index in [0.29, 0.717) is 5.75 Å². The van der Waals surface area contributed by atoms with Gasteiger partial charge >= 0.3 is 0 Å². The Morgan fingerprint density at radius 3 is 2.20 bits per heavy atom. The number of benzene rings is 2. The van der Waals surface area contributed by atoms with Gasteiger partial charge in [0.25, 0.3) is 0 Å². The minimum Gasteiger partial charge on any atom is -0.504 e. The molecule has 2 heteroatoms. The van der Waals surface area contributed by atoms with E-state index >= 15 is 0 Å². The SMILES string of the molecule is CCCCCCCc1c(CCCC)ccc(O)c1Oc1ccccc1. The van der Waals surface area contributed by atoms with Gasteiger partial charge in [-0.2, -0.15) is 0 Å². The molecule has 0 atom stereocenters. The molecule has 0 aliphatic rings. The first-order valence-corrected chi connectivity index (χ1v) is 9.82. The summed E-state index contributed by atoms with van der Waals surface area (Å²) in [6, 6.07) is 13.6. The highest BCUT2D eigenvalue weighted by Gasteiger charge is 2.15. The fourth-order valence-electron chi connectivity index (χ4n) is 3.16. The maximum Gasteiger partial charge on any atom is 0.172 e. The number of aromatic hydroxyl groups is 1. The van der Waals surface area contributed by atoms with E-state index < -0.39 is 0 Å². The Hall–Kier alpha value is -1.96. The van der Waals surface area contributed by atoms with Crippen LogP contribution in [0.3, 0.4) is 0 Å². The second kappa shape index (κ2) is 10.8. The van der Waals surface area contributed by atoms with Gasteiger partial charge in [-0.25, -0.2) is 0 Å². The van der Waals surface area contributed by atoms with E-state index in [4.69, 9.17) is 4.74 Å². The van der Waals surface area contributed by atoms with Crippen molar-refractivity contribution in [3.05, 3.63) is 53.6 Å². The maximum absolute atomic E-state index is 10.4. The first-order chi connectivity index (χ1) is 12.3. The molecule has 0 amide bonds. The summed E-state index contributed by atoms with van der Waals surface area (Å²) in [4.78, 5) is 0. The Kier molecular flexibility index (Phi) is 8.38. The van der Waals surface area contributed by atoms with E-state index in [0.717, 1.165) is 25.0 Å². The van der Waals surface area contributed by atoms with Crippen molar-refractivity contribution in [2.24, 2.45) is 0 Å². The summed E-state index contributed by atoms with van der Waals surface area (Å²) in [5.74, 6) is 1.67. The lowest BCUT2D eigenvalue weighted by molar-refractivity contribution is 0.405. The highest BCUT2D eigenvalue weighted by Crippen LogP contribution is 2.38. The Morgan fingerprint density at radius 1 is 0.760 bits per heavy atom. The molecule has 0 unspecified atom stereocenters. The quantitative estimate of drug-likeness (QED) is 0.444. The third kappa shape index (κ3) is 6.12. The molecule has 0 radical (unpaired) electrons. The molecule has 136 valence electrons. The molecule has 0 saturated carbocycles. The zero-order valence-corrected chi connectivity index (χ0v) is 15.8. The molecule has 0 bridgehead atoms. The van der Waals surface area contributed by atoms with Crippen LogP contribution >= 0.6 is 0 Å². The topological polar surface area (TPSA) is 29.5 Å². The van der Waals surface area contributed by atoms with E-state index in [9.17, 15) is 5.11 Å². The van der Waals surface area contributed by atoms with Gasteiger partial charge in [0.2, 0.25) is 0 Å². The number of aryl methyl sites for hydroxylation is 1. The minimum absolute atomic E-state index is 0.243. The molecule has 0 heterocycles. The van der Waals surface area contributed by atoms with E-state index in [1.807, 2.05) is 30.3 Å². The van der Waals surface area contributed by atoms with Crippen molar-refractivity contribution in [3.8, 4) is 17.2 Å². The lowest BCUT2D eigenvalue weighted by Gasteiger charge is -2.17. The Morgan fingerprint density at radius 2 is 1.48 bits per heavy atom. The molecule has 2 aromatic carbocycles. The van der Waals surface area contributed by atoms with Gasteiger partial charge in [0, 0.05) is 5.56 Å². The monoisotopic (exact) mass is 340 g/mol. The Bertz CT molecular complexity index is 619. The number of hydrogen-bond donors (Lipinski definition) is 1. The number of para-hydroxylation sites is 1. The van der Waals surface area contributed by atoms with Crippen molar-refractivity contribution in [3.63, 3.8) is 0 Å². The molecule has 0 aromatic heterocycles. The van der Waals surface area contributed by atoms with Crippen LogP contribution in [-0.2, 0) is 12.8 Å². The van der Waals surface area contributed by atoms with E-state index in [1.165, 1.54) is 49.7 Å². The van der Waals surface area contributed by atoms with Gasteiger partial charge in [-0.1, -0.05) is 70.2 Å². The van der Waals surface area contributed by atoms with Gasteiger partial charge in [-0.3, -0.25) is 0 Å². The van der Waals surface area contributed by atoms with Crippen LogP contribution in [0.5, 0.6) is 17.2 Å². The fourth-order valence-corrected chi connectivity index (χ4v) is 3.16. The lowest BCUT2D eigenvalue weighted by atomic mass is 9.95. The smallest absolute Gasteiger partial charge is 0.172 e. The predicted octanol–water partition coefficient (Wildman–Crippen LogP) is 7.04. The number of phenolic OH excluding ortho intramolecular Hbond substituents is 1. The normalized spacial score (nSPS) is 10.8. The van der Waals surface area contributed by atoms with Gasteiger partial charge in [-0.15, -0.1) is 0 Å². The average Bonchev–Trinajstić information content (AvgIpc) is 2.64. The molecular formula is C23H32O2. The highest BCUT2D eigenvalue weighted by molar-refractivity contribution is 5.52. The first kappa shape index (κ1) is 19.4. The molecule has 2 aromatic rings. The van der Waals surface area contributed by atoms with Crippen molar-refractivity contribution in [2.45, 2.75) is 71.6 Å². The first-order valence-electron chi connectivity index (χ1n) is 9.82.